The van der Waals surface area contributed by atoms with E-state index in [1.54, 1.807) is 0 Å². The van der Waals surface area contributed by atoms with Crippen molar-refractivity contribution in [3.05, 3.63) is 63.9 Å². The summed E-state index contributed by atoms with van der Waals surface area (Å²) in [5.41, 5.74) is -5.70. The summed E-state index contributed by atoms with van der Waals surface area (Å²) in [5, 5.41) is 11.9. The van der Waals surface area contributed by atoms with E-state index in [-0.39, 0.29) is 15.7 Å². The van der Waals surface area contributed by atoms with Crippen LogP contribution in [0.15, 0.2) is 42.5 Å². The highest BCUT2D eigenvalue weighted by Crippen LogP contribution is 2.51. The smallest absolute Gasteiger partial charge is 0.426 e. The maximum Gasteiger partial charge on any atom is 0.426 e. The first-order chi connectivity index (χ1) is 14.6. The van der Waals surface area contributed by atoms with Gasteiger partial charge in [0.1, 0.15) is 11.9 Å². The average Bonchev–Trinajstić information content (AvgIpc) is 2.67. The molecule has 0 bridgehead atoms. The Morgan fingerprint density at radius 2 is 1.50 bits per heavy atom. The second-order valence-corrected chi connectivity index (χ2v) is 7.50. The van der Waals surface area contributed by atoms with E-state index in [0.717, 1.165) is 30.3 Å². The normalized spacial score (nSPS) is 14.6. The van der Waals surface area contributed by atoms with Crippen molar-refractivity contribution in [3.63, 3.8) is 0 Å². The van der Waals surface area contributed by atoms with Crippen molar-refractivity contribution in [2.75, 3.05) is 5.32 Å². The minimum Gasteiger partial charge on any atom is -0.441 e. The Morgan fingerprint density at radius 3 is 1.97 bits per heavy atom. The number of carbonyl (C=O) groups is 1. The quantitative estimate of drug-likeness (QED) is 0.432. The molecule has 0 spiro atoms. The predicted octanol–water partition coefficient (Wildman–Crippen LogP) is 6.91. The zero-order valence-corrected chi connectivity index (χ0v) is 17.4. The number of hydrogen-bond acceptors (Lipinski definition) is 3. The maximum atomic E-state index is 13.3. The van der Waals surface area contributed by atoms with E-state index in [0.29, 0.717) is 6.92 Å². The molecule has 0 aliphatic carbocycles. The first kappa shape index (κ1) is 26.0. The summed E-state index contributed by atoms with van der Waals surface area (Å²) in [6.45, 7) is 0.404. The number of aliphatic hydroxyl groups is 1. The highest BCUT2D eigenvalue weighted by Gasteiger charge is 2.74. The van der Waals surface area contributed by atoms with Crippen LogP contribution in [0.4, 0.5) is 41.2 Å². The van der Waals surface area contributed by atoms with Gasteiger partial charge in [0.15, 0.2) is 0 Å². The summed E-state index contributed by atoms with van der Waals surface area (Å²) in [6, 6.07) is 6.82. The van der Waals surface area contributed by atoms with E-state index >= 15 is 0 Å². The van der Waals surface area contributed by atoms with Crippen LogP contribution in [0.2, 0.25) is 10.0 Å². The van der Waals surface area contributed by atoms with Gasteiger partial charge in [-0.05, 0) is 35.9 Å². The van der Waals surface area contributed by atoms with E-state index in [4.69, 9.17) is 27.9 Å². The second-order valence-electron chi connectivity index (χ2n) is 6.68. The average molecular weight is 508 g/mol. The molecular formula is C19H14Cl2F7NO3. The van der Waals surface area contributed by atoms with Crippen LogP contribution in [-0.4, -0.2) is 29.2 Å². The van der Waals surface area contributed by atoms with Crippen molar-refractivity contribution in [2.45, 2.75) is 31.0 Å². The molecule has 4 nitrogen and oxygen atoms in total. The molecule has 32 heavy (non-hydrogen) atoms. The number of halogens is 9. The van der Waals surface area contributed by atoms with Gasteiger partial charge in [-0.25, -0.2) is 9.18 Å². The van der Waals surface area contributed by atoms with Crippen molar-refractivity contribution in [3.8, 4) is 0 Å². The Labute approximate surface area is 186 Å². The second kappa shape index (κ2) is 9.32. The first-order valence-corrected chi connectivity index (χ1v) is 9.37. The van der Waals surface area contributed by atoms with Crippen molar-refractivity contribution in [2.24, 2.45) is 5.92 Å². The Hall–Kier alpha value is -2.24. The van der Waals surface area contributed by atoms with Crippen LogP contribution in [0.25, 0.3) is 0 Å². The van der Waals surface area contributed by atoms with E-state index in [9.17, 15) is 40.6 Å². The molecule has 0 aliphatic heterocycles. The molecule has 1 amide bonds. The third-order valence-electron chi connectivity index (χ3n) is 4.58. The van der Waals surface area contributed by atoms with Crippen molar-refractivity contribution < 1.29 is 45.4 Å². The highest BCUT2D eigenvalue weighted by atomic mass is 35.5. The third-order valence-corrected chi connectivity index (χ3v) is 5.32. The van der Waals surface area contributed by atoms with E-state index < -0.39 is 47.4 Å². The van der Waals surface area contributed by atoms with Gasteiger partial charge >= 0.3 is 18.4 Å². The highest BCUT2D eigenvalue weighted by molar-refractivity contribution is 6.42. The topological polar surface area (TPSA) is 58.6 Å². The van der Waals surface area contributed by atoms with Gasteiger partial charge in [-0.15, -0.1) is 0 Å². The minimum absolute atomic E-state index is 0.00330. The third kappa shape index (κ3) is 5.38. The number of amides is 1. The first-order valence-electron chi connectivity index (χ1n) is 8.62. The number of benzene rings is 2. The fraction of sp³-hybridized carbons (Fsp3) is 0.316. The van der Waals surface area contributed by atoms with Gasteiger partial charge in [-0.1, -0.05) is 42.3 Å². The van der Waals surface area contributed by atoms with Crippen LogP contribution in [0.3, 0.4) is 0 Å². The van der Waals surface area contributed by atoms with Crippen molar-refractivity contribution in [1.82, 2.24) is 0 Å². The number of nitrogens with one attached hydrogen (secondary N) is 1. The molecule has 0 radical (unpaired) electrons. The summed E-state index contributed by atoms with van der Waals surface area (Å²) in [5.74, 6) is -3.63. The lowest BCUT2D eigenvalue weighted by Gasteiger charge is -2.40. The Morgan fingerprint density at radius 1 is 0.969 bits per heavy atom. The lowest BCUT2D eigenvalue weighted by molar-refractivity contribution is -0.389. The summed E-state index contributed by atoms with van der Waals surface area (Å²) >= 11 is 11.5. The fourth-order valence-corrected chi connectivity index (χ4v) is 3.14. The van der Waals surface area contributed by atoms with Crippen LogP contribution < -0.4 is 5.32 Å². The largest absolute Gasteiger partial charge is 0.441 e. The molecule has 0 saturated carbocycles. The van der Waals surface area contributed by atoms with Gasteiger partial charge in [0.25, 0.3) is 5.60 Å². The molecule has 2 aromatic rings. The molecule has 0 saturated heterocycles. The van der Waals surface area contributed by atoms with Crippen LogP contribution in [0.5, 0.6) is 0 Å². The van der Waals surface area contributed by atoms with Gasteiger partial charge in [-0.2, -0.15) is 26.3 Å². The molecule has 13 heteroatoms. The molecule has 0 aliphatic rings. The zero-order valence-electron chi connectivity index (χ0n) is 15.9. The standard InChI is InChI=1S/C19H14Cl2F7NO3/c1-9(17(31,18(23,24)25)19(26,27)28)15(10-2-4-11(22)5-3-10)32-16(30)29-12-6-7-13(20)14(21)8-12/h2-9,15,31H,1H3,(H,29,30). The maximum absolute atomic E-state index is 13.3. The fourth-order valence-electron chi connectivity index (χ4n) is 2.84. The number of ether oxygens (including phenoxy) is 1. The van der Waals surface area contributed by atoms with E-state index in [1.165, 1.54) is 12.1 Å². The number of anilines is 1. The van der Waals surface area contributed by atoms with Gasteiger partial charge in [-0.3, -0.25) is 5.32 Å². The SMILES string of the molecule is CC(C(OC(=O)Nc1ccc(Cl)c(Cl)c1)c1ccc(F)cc1)C(O)(C(F)(F)F)C(F)(F)F. The molecule has 2 atom stereocenters. The molecule has 0 fully saturated rings. The Balaban J connectivity index is 2.44. The van der Waals surface area contributed by atoms with Crippen LogP contribution in [-0.2, 0) is 4.74 Å². The Kier molecular flexibility index (Phi) is 7.58. The lowest BCUT2D eigenvalue weighted by atomic mass is 9.80. The van der Waals surface area contributed by atoms with Crippen LogP contribution >= 0.6 is 23.2 Å². The number of hydrogen-bond donors (Lipinski definition) is 2. The summed E-state index contributed by atoms with van der Waals surface area (Å²) in [7, 11) is 0. The Bertz CT molecular complexity index is 951. The number of alkyl halides is 6. The van der Waals surface area contributed by atoms with Crippen molar-refractivity contribution >= 4 is 35.0 Å². The summed E-state index contributed by atoms with van der Waals surface area (Å²) < 4.78 is 98.1. The van der Waals surface area contributed by atoms with Gasteiger partial charge in [0.05, 0.1) is 10.0 Å². The molecule has 2 unspecified atom stereocenters. The molecule has 0 aromatic heterocycles. The number of rotatable bonds is 5. The van der Waals surface area contributed by atoms with Crippen LogP contribution in [0.1, 0.15) is 18.6 Å². The monoisotopic (exact) mass is 507 g/mol. The van der Waals surface area contributed by atoms with Crippen LogP contribution in [0, 0.1) is 11.7 Å². The van der Waals surface area contributed by atoms with E-state index in [1.807, 2.05) is 0 Å². The van der Waals surface area contributed by atoms with Gasteiger partial charge < -0.3 is 9.84 Å². The molecule has 176 valence electrons. The summed E-state index contributed by atoms with van der Waals surface area (Å²) in [4.78, 5) is 12.3. The molecule has 0 heterocycles. The summed E-state index contributed by atoms with van der Waals surface area (Å²) in [6.07, 6.45) is -16.1. The van der Waals surface area contributed by atoms with Gasteiger partial charge in [0, 0.05) is 11.6 Å². The zero-order chi connectivity index (χ0) is 24.5. The molecular weight excluding hydrogens is 494 g/mol. The lowest BCUT2D eigenvalue weighted by Crippen LogP contribution is -2.62. The van der Waals surface area contributed by atoms with Crippen molar-refractivity contribution in [1.29, 1.82) is 0 Å². The van der Waals surface area contributed by atoms with E-state index in [2.05, 4.69) is 5.32 Å². The molecule has 2 aromatic carbocycles. The molecule has 2 N–H and O–H groups in total. The number of carbonyl (C=O) groups excluding carboxylic acids is 1. The van der Waals surface area contributed by atoms with Gasteiger partial charge in [0.2, 0.25) is 0 Å². The molecule has 2 rings (SSSR count). The minimum atomic E-state index is -6.17. The predicted molar refractivity (Wildman–Crippen MR) is 102 cm³/mol.